The maximum absolute atomic E-state index is 10.5. The van der Waals surface area contributed by atoms with Gasteiger partial charge in [-0.2, -0.15) is 0 Å². The molecular formula is C12H18N2O. The molecule has 0 saturated heterocycles. The van der Waals surface area contributed by atoms with Crippen LogP contribution >= 0.6 is 0 Å². The first kappa shape index (κ1) is 10.4. The van der Waals surface area contributed by atoms with E-state index in [9.17, 15) is 5.11 Å². The van der Waals surface area contributed by atoms with Crippen LogP contribution in [0, 0.1) is 5.92 Å². The fourth-order valence-electron chi connectivity index (χ4n) is 2.51. The Hall–Kier alpha value is -1.09. The van der Waals surface area contributed by atoms with Crippen molar-refractivity contribution in [1.29, 1.82) is 0 Å². The molecule has 82 valence electrons. The zero-order valence-corrected chi connectivity index (χ0v) is 9.11. The summed E-state index contributed by atoms with van der Waals surface area (Å²) in [5.74, 6) is 0.620. The molecular weight excluding hydrogens is 188 g/mol. The van der Waals surface area contributed by atoms with Crippen molar-refractivity contribution in [2.24, 2.45) is 5.92 Å². The Labute approximate surface area is 90.3 Å². The van der Waals surface area contributed by atoms with Crippen LogP contribution in [0.1, 0.15) is 38.2 Å². The Bertz CT molecular complexity index is 353. The number of hydrogen-bond acceptors (Lipinski definition) is 3. The summed E-state index contributed by atoms with van der Waals surface area (Å²) in [5, 5.41) is 10.5. The van der Waals surface area contributed by atoms with Gasteiger partial charge in [-0.05, 0) is 31.2 Å². The minimum absolute atomic E-state index is 0.620. The van der Waals surface area contributed by atoms with Crippen LogP contribution in [-0.4, -0.2) is 10.1 Å². The van der Waals surface area contributed by atoms with E-state index in [1.165, 1.54) is 0 Å². The average molecular weight is 206 g/mol. The topological polar surface area (TPSA) is 59.1 Å². The molecule has 1 heterocycles. The molecule has 0 radical (unpaired) electrons. The number of pyridine rings is 1. The summed E-state index contributed by atoms with van der Waals surface area (Å²) < 4.78 is 0. The Kier molecular flexibility index (Phi) is 2.65. The number of nitrogens with two attached hydrogens (primary N) is 1. The lowest BCUT2D eigenvalue weighted by atomic mass is 9.91. The van der Waals surface area contributed by atoms with Crippen molar-refractivity contribution in [3.63, 3.8) is 0 Å². The molecule has 15 heavy (non-hydrogen) atoms. The summed E-state index contributed by atoms with van der Waals surface area (Å²) in [6.07, 6.45) is 7.20. The molecule has 1 aromatic rings. The fraction of sp³-hybridized carbons (Fsp3) is 0.583. The highest BCUT2D eigenvalue weighted by atomic mass is 16.3. The van der Waals surface area contributed by atoms with Crippen molar-refractivity contribution in [3.05, 3.63) is 24.0 Å². The van der Waals surface area contributed by atoms with Gasteiger partial charge in [0.25, 0.3) is 0 Å². The van der Waals surface area contributed by atoms with Gasteiger partial charge < -0.3 is 10.8 Å². The molecule has 0 spiro atoms. The zero-order chi connectivity index (χ0) is 10.9. The van der Waals surface area contributed by atoms with E-state index in [0.717, 1.165) is 31.2 Å². The van der Waals surface area contributed by atoms with Crippen LogP contribution in [-0.2, 0) is 5.60 Å². The quantitative estimate of drug-likeness (QED) is 0.778. The number of hydrogen-bond donors (Lipinski definition) is 2. The Morgan fingerprint density at radius 1 is 1.67 bits per heavy atom. The van der Waals surface area contributed by atoms with E-state index in [0.29, 0.717) is 11.6 Å². The molecule has 0 aliphatic heterocycles. The van der Waals surface area contributed by atoms with Crippen LogP contribution in [0.2, 0.25) is 0 Å². The molecule has 0 bridgehead atoms. The highest BCUT2D eigenvalue weighted by Gasteiger charge is 2.39. The molecule has 1 fully saturated rings. The van der Waals surface area contributed by atoms with Gasteiger partial charge >= 0.3 is 0 Å². The zero-order valence-electron chi connectivity index (χ0n) is 9.11. The van der Waals surface area contributed by atoms with Crippen LogP contribution in [0.5, 0.6) is 0 Å². The number of nitrogen functional groups attached to an aromatic ring is 1. The SMILES string of the molecule is CCC1CCC(O)(c2cnccc2N)C1. The monoisotopic (exact) mass is 206 g/mol. The second-order valence-corrected chi connectivity index (χ2v) is 4.51. The third-order valence-corrected chi connectivity index (χ3v) is 3.53. The minimum atomic E-state index is -0.737. The van der Waals surface area contributed by atoms with Crippen molar-refractivity contribution < 1.29 is 5.11 Å². The molecule has 3 N–H and O–H groups in total. The summed E-state index contributed by atoms with van der Waals surface area (Å²) in [4.78, 5) is 4.05. The Morgan fingerprint density at radius 2 is 2.47 bits per heavy atom. The first-order chi connectivity index (χ1) is 7.15. The maximum Gasteiger partial charge on any atom is 0.0934 e. The fourth-order valence-corrected chi connectivity index (χ4v) is 2.51. The Morgan fingerprint density at radius 3 is 3.07 bits per heavy atom. The normalized spacial score (nSPS) is 30.7. The third-order valence-electron chi connectivity index (χ3n) is 3.53. The molecule has 1 aromatic heterocycles. The van der Waals surface area contributed by atoms with Gasteiger partial charge in [0, 0.05) is 23.6 Å². The number of nitrogens with zero attached hydrogens (tertiary/aromatic N) is 1. The van der Waals surface area contributed by atoms with Crippen LogP contribution in [0.25, 0.3) is 0 Å². The molecule has 0 aromatic carbocycles. The van der Waals surface area contributed by atoms with E-state index in [4.69, 9.17) is 5.73 Å². The lowest BCUT2D eigenvalue weighted by Gasteiger charge is -2.24. The number of rotatable bonds is 2. The molecule has 2 rings (SSSR count). The van der Waals surface area contributed by atoms with Gasteiger partial charge in [-0.3, -0.25) is 4.98 Å². The molecule has 3 nitrogen and oxygen atoms in total. The lowest BCUT2D eigenvalue weighted by molar-refractivity contribution is 0.0402. The summed E-state index contributed by atoms with van der Waals surface area (Å²) in [6.45, 7) is 2.17. The van der Waals surface area contributed by atoms with E-state index in [1.54, 1.807) is 18.5 Å². The summed E-state index contributed by atoms with van der Waals surface area (Å²) in [7, 11) is 0. The minimum Gasteiger partial charge on any atom is -0.398 e. The van der Waals surface area contributed by atoms with E-state index in [1.807, 2.05) is 0 Å². The van der Waals surface area contributed by atoms with E-state index in [2.05, 4.69) is 11.9 Å². The molecule has 3 heteroatoms. The third kappa shape index (κ3) is 1.84. The van der Waals surface area contributed by atoms with E-state index >= 15 is 0 Å². The van der Waals surface area contributed by atoms with Crippen molar-refractivity contribution in [2.45, 2.75) is 38.2 Å². The van der Waals surface area contributed by atoms with Gasteiger partial charge in [0.15, 0.2) is 0 Å². The molecule has 0 amide bonds. The second-order valence-electron chi connectivity index (χ2n) is 4.51. The Balaban J connectivity index is 2.27. The van der Waals surface area contributed by atoms with Gasteiger partial charge in [-0.15, -0.1) is 0 Å². The molecule has 2 unspecified atom stereocenters. The van der Waals surface area contributed by atoms with Crippen molar-refractivity contribution in [3.8, 4) is 0 Å². The van der Waals surface area contributed by atoms with Crippen LogP contribution in [0.3, 0.4) is 0 Å². The predicted molar refractivity (Wildman–Crippen MR) is 60.2 cm³/mol. The smallest absolute Gasteiger partial charge is 0.0934 e. The largest absolute Gasteiger partial charge is 0.398 e. The summed E-state index contributed by atoms with van der Waals surface area (Å²) in [6, 6.07) is 1.76. The predicted octanol–water partition coefficient (Wildman–Crippen LogP) is 2.06. The van der Waals surface area contributed by atoms with Crippen molar-refractivity contribution >= 4 is 5.69 Å². The number of aliphatic hydroxyl groups is 1. The molecule has 2 atom stereocenters. The lowest BCUT2D eigenvalue weighted by Crippen LogP contribution is -2.23. The van der Waals surface area contributed by atoms with Gasteiger partial charge in [-0.25, -0.2) is 0 Å². The first-order valence-corrected chi connectivity index (χ1v) is 5.58. The van der Waals surface area contributed by atoms with Gasteiger partial charge in [0.2, 0.25) is 0 Å². The number of aromatic nitrogens is 1. The molecule has 1 saturated carbocycles. The van der Waals surface area contributed by atoms with Crippen LogP contribution < -0.4 is 5.73 Å². The highest BCUT2D eigenvalue weighted by Crippen LogP contribution is 2.44. The first-order valence-electron chi connectivity index (χ1n) is 5.58. The summed E-state index contributed by atoms with van der Waals surface area (Å²) >= 11 is 0. The second kappa shape index (κ2) is 3.81. The van der Waals surface area contributed by atoms with Gasteiger partial charge in [0.1, 0.15) is 0 Å². The molecule has 1 aliphatic carbocycles. The molecule has 1 aliphatic rings. The number of anilines is 1. The standard InChI is InChI=1S/C12H18N2O/c1-2-9-3-5-12(15,7-9)10-8-14-6-4-11(10)13/h4,6,8-9,15H,2-3,5,7H2,1H3,(H2,13,14). The average Bonchev–Trinajstić information content (AvgIpc) is 2.62. The van der Waals surface area contributed by atoms with Gasteiger partial charge in [0.05, 0.1) is 5.60 Å². The highest BCUT2D eigenvalue weighted by molar-refractivity contribution is 5.48. The summed E-state index contributed by atoms with van der Waals surface area (Å²) in [5.41, 5.74) is 6.60. The van der Waals surface area contributed by atoms with E-state index < -0.39 is 5.60 Å². The van der Waals surface area contributed by atoms with Crippen LogP contribution in [0.15, 0.2) is 18.5 Å². The van der Waals surface area contributed by atoms with E-state index in [-0.39, 0.29) is 0 Å². The van der Waals surface area contributed by atoms with Crippen molar-refractivity contribution in [2.75, 3.05) is 5.73 Å². The van der Waals surface area contributed by atoms with Crippen LogP contribution in [0.4, 0.5) is 5.69 Å². The maximum atomic E-state index is 10.5. The van der Waals surface area contributed by atoms with Gasteiger partial charge in [-0.1, -0.05) is 13.3 Å². The van der Waals surface area contributed by atoms with Crippen molar-refractivity contribution in [1.82, 2.24) is 4.98 Å².